The van der Waals surface area contributed by atoms with E-state index in [4.69, 9.17) is 23.2 Å². The van der Waals surface area contributed by atoms with Gasteiger partial charge in [-0.2, -0.15) is 0 Å². The lowest BCUT2D eigenvalue weighted by Crippen LogP contribution is -1.88. The molecule has 0 unspecified atom stereocenters. The van der Waals surface area contributed by atoms with E-state index in [0.717, 1.165) is 12.1 Å². The van der Waals surface area contributed by atoms with Crippen molar-refractivity contribution in [2.24, 2.45) is 0 Å². The van der Waals surface area contributed by atoms with Crippen molar-refractivity contribution in [3.8, 4) is 11.1 Å². The quantitative estimate of drug-likeness (QED) is 0.772. The first-order chi connectivity index (χ1) is 8.11. The van der Waals surface area contributed by atoms with E-state index in [1.807, 2.05) is 0 Å². The minimum Gasteiger partial charge on any atom is -0.298 e. The molecule has 1 aromatic heterocycles. The number of carbonyl (C=O) groups is 1. The second kappa shape index (κ2) is 4.82. The maximum absolute atomic E-state index is 13.0. The molecule has 2 rings (SSSR count). The number of aromatic nitrogens is 1. The van der Waals surface area contributed by atoms with Crippen molar-refractivity contribution < 1.29 is 9.18 Å². The molecular formula is C12H6Cl2FNO. The molecule has 0 fully saturated rings. The Hall–Kier alpha value is -1.45. The molecule has 0 amide bonds. The second-order valence-corrected chi connectivity index (χ2v) is 4.18. The number of rotatable bonds is 2. The highest BCUT2D eigenvalue weighted by atomic mass is 35.5. The Morgan fingerprint density at radius 1 is 1.12 bits per heavy atom. The molecule has 17 heavy (non-hydrogen) atoms. The molecule has 0 saturated carbocycles. The number of nitrogens with zero attached hydrogens (tertiary/aromatic N) is 1. The van der Waals surface area contributed by atoms with Crippen molar-refractivity contribution in [2.75, 3.05) is 0 Å². The molecule has 0 saturated heterocycles. The standard InChI is InChI=1S/C12H6Cl2FNO/c13-10-2-9(15)3-11(14)12(10)8-1-7(6-17)4-16-5-8/h1-6H. The maximum atomic E-state index is 13.0. The zero-order valence-electron chi connectivity index (χ0n) is 8.45. The molecule has 0 aliphatic heterocycles. The highest BCUT2D eigenvalue weighted by Gasteiger charge is 2.11. The smallest absolute Gasteiger partial charge is 0.151 e. The van der Waals surface area contributed by atoms with Crippen molar-refractivity contribution in [2.45, 2.75) is 0 Å². The van der Waals surface area contributed by atoms with Crippen LogP contribution in [0.4, 0.5) is 4.39 Å². The van der Waals surface area contributed by atoms with Crippen molar-refractivity contribution in [3.05, 3.63) is 52.0 Å². The van der Waals surface area contributed by atoms with E-state index < -0.39 is 5.82 Å². The summed E-state index contributed by atoms with van der Waals surface area (Å²) >= 11 is 11.8. The van der Waals surface area contributed by atoms with Crippen LogP contribution in [-0.2, 0) is 0 Å². The van der Waals surface area contributed by atoms with Crippen LogP contribution in [0.25, 0.3) is 11.1 Å². The van der Waals surface area contributed by atoms with Gasteiger partial charge < -0.3 is 0 Å². The van der Waals surface area contributed by atoms with Gasteiger partial charge >= 0.3 is 0 Å². The number of carbonyl (C=O) groups excluding carboxylic acids is 1. The van der Waals surface area contributed by atoms with E-state index in [-0.39, 0.29) is 10.0 Å². The summed E-state index contributed by atoms with van der Waals surface area (Å²) < 4.78 is 13.0. The maximum Gasteiger partial charge on any atom is 0.151 e. The second-order valence-electron chi connectivity index (χ2n) is 3.37. The van der Waals surface area contributed by atoms with Gasteiger partial charge in [0.15, 0.2) is 6.29 Å². The zero-order chi connectivity index (χ0) is 12.4. The lowest BCUT2D eigenvalue weighted by atomic mass is 10.1. The number of pyridine rings is 1. The summed E-state index contributed by atoms with van der Waals surface area (Å²) in [4.78, 5) is 14.5. The third-order valence-corrected chi connectivity index (χ3v) is 2.79. The minimum absolute atomic E-state index is 0.180. The Labute approximate surface area is 107 Å². The van der Waals surface area contributed by atoms with Crippen LogP contribution in [0.15, 0.2) is 30.6 Å². The number of hydrogen-bond donors (Lipinski definition) is 0. The summed E-state index contributed by atoms with van der Waals surface area (Å²) in [7, 11) is 0. The molecule has 0 radical (unpaired) electrons. The lowest BCUT2D eigenvalue weighted by molar-refractivity contribution is 0.112. The molecule has 86 valence electrons. The van der Waals surface area contributed by atoms with Gasteiger partial charge in [-0.25, -0.2) is 4.39 Å². The van der Waals surface area contributed by atoms with E-state index in [2.05, 4.69) is 4.98 Å². The summed E-state index contributed by atoms with van der Waals surface area (Å²) in [6.07, 6.45) is 3.60. The molecule has 0 aliphatic rings. The van der Waals surface area contributed by atoms with Crippen molar-refractivity contribution in [3.63, 3.8) is 0 Å². The largest absolute Gasteiger partial charge is 0.298 e. The van der Waals surface area contributed by atoms with Gasteiger partial charge in [-0.05, 0) is 18.2 Å². The Balaban J connectivity index is 2.63. The Morgan fingerprint density at radius 2 is 1.76 bits per heavy atom. The van der Waals surface area contributed by atoms with Gasteiger partial charge in [0, 0.05) is 29.1 Å². The highest BCUT2D eigenvalue weighted by molar-refractivity contribution is 6.39. The van der Waals surface area contributed by atoms with Gasteiger partial charge in [0.25, 0.3) is 0 Å². The van der Waals surface area contributed by atoms with Crippen molar-refractivity contribution >= 4 is 29.5 Å². The van der Waals surface area contributed by atoms with Crippen LogP contribution in [0.5, 0.6) is 0 Å². The Kier molecular flexibility index (Phi) is 3.41. The van der Waals surface area contributed by atoms with Crippen LogP contribution in [0.1, 0.15) is 10.4 Å². The summed E-state index contributed by atoms with van der Waals surface area (Å²) in [5.41, 5.74) is 1.44. The van der Waals surface area contributed by atoms with Crippen LogP contribution in [0.2, 0.25) is 10.0 Å². The van der Waals surface area contributed by atoms with E-state index in [9.17, 15) is 9.18 Å². The predicted octanol–water partition coefficient (Wildman–Crippen LogP) is 4.01. The molecule has 1 aromatic carbocycles. The minimum atomic E-state index is -0.511. The van der Waals surface area contributed by atoms with E-state index >= 15 is 0 Å². The van der Waals surface area contributed by atoms with Gasteiger partial charge in [0.1, 0.15) is 5.82 Å². The van der Waals surface area contributed by atoms with Gasteiger partial charge in [-0.15, -0.1) is 0 Å². The van der Waals surface area contributed by atoms with Crippen LogP contribution in [-0.4, -0.2) is 11.3 Å². The first-order valence-corrected chi connectivity index (χ1v) is 5.42. The van der Waals surface area contributed by atoms with E-state index in [1.54, 1.807) is 6.07 Å². The number of benzene rings is 1. The van der Waals surface area contributed by atoms with Gasteiger partial charge in [0.2, 0.25) is 0 Å². The molecule has 5 heteroatoms. The van der Waals surface area contributed by atoms with Crippen LogP contribution in [0, 0.1) is 5.82 Å². The molecule has 0 aliphatic carbocycles. The SMILES string of the molecule is O=Cc1cncc(-c2c(Cl)cc(F)cc2Cl)c1. The lowest BCUT2D eigenvalue weighted by Gasteiger charge is -2.07. The van der Waals surface area contributed by atoms with Crippen molar-refractivity contribution in [1.82, 2.24) is 4.98 Å². The molecular weight excluding hydrogens is 264 g/mol. The van der Waals surface area contributed by atoms with E-state index in [1.165, 1.54) is 12.4 Å². The first-order valence-electron chi connectivity index (χ1n) is 4.67. The molecule has 1 heterocycles. The summed E-state index contributed by atoms with van der Waals surface area (Å²) in [6.45, 7) is 0. The van der Waals surface area contributed by atoms with Crippen LogP contribution in [0.3, 0.4) is 0 Å². The van der Waals surface area contributed by atoms with Gasteiger partial charge in [0.05, 0.1) is 10.0 Å². The predicted molar refractivity (Wildman–Crippen MR) is 65.0 cm³/mol. The van der Waals surface area contributed by atoms with Crippen LogP contribution < -0.4 is 0 Å². The molecule has 0 bridgehead atoms. The van der Waals surface area contributed by atoms with E-state index in [0.29, 0.717) is 23.0 Å². The molecule has 0 spiro atoms. The molecule has 0 N–H and O–H groups in total. The fourth-order valence-corrected chi connectivity index (χ4v) is 2.16. The monoisotopic (exact) mass is 269 g/mol. The average molecular weight is 270 g/mol. The first kappa shape index (κ1) is 12.0. The number of aldehydes is 1. The normalized spacial score (nSPS) is 10.3. The zero-order valence-corrected chi connectivity index (χ0v) is 9.97. The summed E-state index contributed by atoms with van der Waals surface area (Å²) in [5, 5.41) is 0.361. The topological polar surface area (TPSA) is 30.0 Å². The highest BCUT2D eigenvalue weighted by Crippen LogP contribution is 2.35. The fourth-order valence-electron chi connectivity index (χ4n) is 1.48. The molecule has 2 aromatic rings. The third kappa shape index (κ3) is 2.46. The molecule has 2 nitrogen and oxygen atoms in total. The van der Waals surface area contributed by atoms with Gasteiger partial charge in [-0.3, -0.25) is 9.78 Å². The number of halogens is 3. The molecule has 0 atom stereocenters. The summed E-state index contributed by atoms with van der Waals surface area (Å²) in [5.74, 6) is -0.511. The Bertz CT molecular complexity index is 563. The van der Waals surface area contributed by atoms with Crippen LogP contribution >= 0.6 is 23.2 Å². The van der Waals surface area contributed by atoms with Gasteiger partial charge in [-0.1, -0.05) is 23.2 Å². The Morgan fingerprint density at radius 3 is 2.35 bits per heavy atom. The third-order valence-electron chi connectivity index (χ3n) is 2.19. The van der Waals surface area contributed by atoms with Crippen molar-refractivity contribution in [1.29, 1.82) is 0 Å². The fraction of sp³-hybridized carbons (Fsp3) is 0. The summed E-state index contributed by atoms with van der Waals surface area (Å²) in [6, 6.07) is 3.91. The average Bonchev–Trinajstić information content (AvgIpc) is 2.28. The number of hydrogen-bond acceptors (Lipinski definition) is 2.